The molecule has 1 amide bonds. The third kappa shape index (κ3) is 3.91. The molecule has 2 aromatic heterocycles. The van der Waals surface area contributed by atoms with Gasteiger partial charge in [-0.15, -0.1) is 0 Å². The molecule has 1 aromatic carbocycles. The number of benzene rings is 1. The van der Waals surface area contributed by atoms with Gasteiger partial charge in [0.05, 0.1) is 5.39 Å². The van der Waals surface area contributed by atoms with Crippen molar-refractivity contribution < 1.29 is 13.9 Å². The molecule has 3 rings (SSSR count). The van der Waals surface area contributed by atoms with Crippen molar-refractivity contribution >= 4 is 16.9 Å². The van der Waals surface area contributed by atoms with Crippen molar-refractivity contribution in [3.05, 3.63) is 69.8 Å². The second-order valence-electron chi connectivity index (χ2n) is 6.22. The lowest BCUT2D eigenvalue weighted by Crippen LogP contribution is -2.36. The molecule has 134 valence electrons. The Kier molecular flexibility index (Phi) is 5.02. The number of nitrogens with zero attached hydrogens (tertiary/aromatic N) is 1. The summed E-state index contributed by atoms with van der Waals surface area (Å²) >= 11 is 0. The van der Waals surface area contributed by atoms with Crippen LogP contribution in [0.2, 0.25) is 0 Å². The van der Waals surface area contributed by atoms with Crippen molar-refractivity contribution in [3.8, 4) is 5.75 Å². The maximum Gasteiger partial charge on any atom is 0.336 e. The number of aryl methyl sites for hydroxylation is 2. The van der Waals surface area contributed by atoms with Crippen LogP contribution < -0.4 is 15.7 Å². The molecule has 0 aliphatic heterocycles. The van der Waals surface area contributed by atoms with E-state index < -0.39 is 11.7 Å². The number of carbonyl (C=O) groups is 1. The molecule has 2 heterocycles. The van der Waals surface area contributed by atoms with Crippen molar-refractivity contribution in [3.63, 3.8) is 0 Å². The molecule has 0 radical (unpaired) electrons. The molecule has 1 atom stereocenters. The Morgan fingerprint density at radius 1 is 1.23 bits per heavy atom. The van der Waals surface area contributed by atoms with E-state index in [0.717, 1.165) is 16.7 Å². The molecule has 0 spiro atoms. The highest BCUT2D eigenvalue weighted by molar-refractivity contribution is 5.88. The highest BCUT2D eigenvalue weighted by Gasteiger charge is 2.18. The molecule has 1 N–H and O–H groups in total. The van der Waals surface area contributed by atoms with Gasteiger partial charge in [-0.2, -0.15) is 0 Å². The molecule has 0 saturated heterocycles. The zero-order chi connectivity index (χ0) is 18.7. The predicted molar refractivity (Wildman–Crippen MR) is 98.1 cm³/mol. The van der Waals surface area contributed by atoms with Gasteiger partial charge in [0.1, 0.15) is 11.3 Å². The van der Waals surface area contributed by atoms with Gasteiger partial charge in [-0.1, -0.05) is 0 Å². The zero-order valence-corrected chi connectivity index (χ0v) is 14.9. The molecule has 0 aliphatic carbocycles. The first-order chi connectivity index (χ1) is 12.4. The summed E-state index contributed by atoms with van der Waals surface area (Å²) in [6, 6.07) is 8.71. The van der Waals surface area contributed by atoms with Crippen molar-refractivity contribution in [1.82, 2.24) is 10.3 Å². The second kappa shape index (κ2) is 7.39. The quantitative estimate of drug-likeness (QED) is 0.714. The number of nitrogens with one attached hydrogen (secondary N) is 1. The maximum absolute atomic E-state index is 12.4. The van der Waals surface area contributed by atoms with E-state index in [0.29, 0.717) is 23.3 Å². The second-order valence-corrected chi connectivity index (χ2v) is 6.22. The number of hydrogen-bond acceptors (Lipinski definition) is 5. The topological polar surface area (TPSA) is 81.4 Å². The minimum absolute atomic E-state index is 0.230. The Balaban J connectivity index is 1.79. The SMILES string of the molecule is Cc1cc(O[C@@H](C)C(=O)NCc2ccncc2)c2c(C)cc(=O)oc2c1. The smallest absolute Gasteiger partial charge is 0.336 e. The Hall–Kier alpha value is -3.15. The summed E-state index contributed by atoms with van der Waals surface area (Å²) in [5.74, 6) is 0.291. The van der Waals surface area contributed by atoms with Crippen LogP contribution in [0.25, 0.3) is 11.0 Å². The number of hydrogen-bond donors (Lipinski definition) is 1. The fourth-order valence-corrected chi connectivity index (χ4v) is 2.75. The Bertz CT molecular complexity index is 996. The highest BCUT2D eigenvalue weighted by atomic mass is 16.5. The van der Waals surface area contributed by atoms with Gasteiger partial charge in [0.25, 0.3) is 5.91 Å². The van der Waals surface area contributed by atoms with Crippen LogP contribution in [-0.2, 0) is 11.3 Å². The molecule has 6 nitrogen and oxygen atoms in total. The first-order valence-corrected chi connectivity index (χ1v) is 8.32. The first kappa shape index (κ1) is 17.7. The lowest BCUT2D eigenvalue weighted by molar-refractivity contribution is -0.127. The minimum atomic E-state index is -0.701. The Morgan fingerprint density at radius 3 is 2.69 bits per heavy atom. The third-order valence-corrected chi connectivity index (χ3v) is 4.04. The monoisotopic (exact) mass is 352 g/mol. The highest BCUT2D eigenvalue weighted by Crippen LogP contribution is 2.30. The molecule has 26 heavy (non-hydrogen) atoms. The third-order valence-electron chi connectivity index (χ3n) is 4.04. The number of amides is 1. The van der Waals surface area contributed by atoms with Crippen LogP contribution in [0, 0.1) is 13.8 Å². The van der Waals surface area contributed by atoms with Crippen molar-refractivity contribution in [1.29, 1.82) is 0 Å². The number of aromatic nitrogens is 1. The fraction of sp³-hybridized carbons (Fsp3) is 0.250. The van der Waals surface area contributed by atoms with Crippen LogP contribution in [0.1, 0.15) is 23.6 Å². The fourth-order valence-electron chi connectivity index (χ4n) is 2.75. The largest absolute Gasteiger partial charge is 0.480 e. The van der Waals surface area contributed by atoms with Crippen LogP contribution in [0.15, 0.2) is 51.9 Å². The van der Waals surface area contributed by atoms with E-state index in [1.807, 2.05) is 32.0 Å². The van der Waals surface area contributed by atoms with E-state index >= 15 is 0 Å². The van der Waals surface area contributed by atoms with E-state index in [4.69, 9.17) is 9.15 Å². The summed E-state index contributed by atoms with van der Waals surface area (Å²) in [7, 11) is 0. The van der Waals surface area contributed by atoms with E-state index in [1.54, 1.807) is 25.4 Å². The zero-order valence-electron chi connectivity index (χ0n) is 14.9. The lowest BCUT2D eigenvalue weighted by Gasteiger charge is -2.17. The molecule has 3 aromatic rings. The van der Waals surface area contributed by atoms with E-state index in [1.165, 1.54) is 6.07 Å². The summed E-state index contributed by atoms with van der Waals surface area (Å²) in [6.07, 6.45) is 2.65. The Morgan fingerprint density at radius 2 is 1.96 bits per heavy atom. The van der Waals surface area contributed by atoms with Crippen LogP contribution in [-0.4, -0.2) is 17.0 Å². The van der Waals surface area contributed by atoms with Crippen molar-refractivity contribution in [2.45, 2.75) is 33.4 Å². The summed E-state index contributed by atoms with van der Waals surface area (Å²) in [5, 5.41) is 3.54. The van der Waals surface area contributed by atoms with Gasteiger partial charge in [0, 0.05) is 25.0 Å². The van der Waals surface area contributed by atoms with Gasteiger partial charge in [-0.25, -0.2) is 4.79 Å². The maximum atomic E-state index is 12.4. The van der Waals surface area contributed by atoms with Gasteiger partial charge >= 0.3 is 5.63 Å². The molecule has 0 aliphatic rings. The van der Waals surface area contributed by atoms with Crippen molar-refractivity contribution in [2.24, 2.45) is 0 Å². The average molecular weight is 352 g/mol. The number of pyridine rings is 1. The van der Waals surface area contributed by atoms with E-state index in [9.17, 15) is 9.59 Å². The predicted octanol–water partition coefficient (Wildman–Crippen LogP) is 2.89. The van der Waals surface area contributed by atoms with Crippen LogP contribution >= 0.6 is 0 Å². The number of fused-ring (bicyclic) bond motifs is 1. The molecule has 0 unspecified atom stereocenters. The van der Waals surface area contributed by atoms with Gasteiger partial charge in [0.15, 0.2) is 6.10 Å². The average Bonchev–Trinajstić information content (AvgIpc) is 2.59. The van der Waals surface area contributed by atoms with Crippen LogP contribution in [0.4, 0.5) is 0 Å². The molecule has 6 heteroatoms. The normalized spacial score (nSPS) is 12.0. The number of carbonyl (C=O) groups excluding carboxylic acids is 1. The van der Waals surface area contributed by atoms with E-state index in [2.05, 4.69) is 10.3 Å². The molecule has 0 saturated carbocycles. The molecule has 0 fully saturated rings. The lowest BCUT2D eigenvalue weighted by atomic mass is 10.1. The summed E-state index contributed by atoms with van der Waals surface area (Å²) < 4.78 is 11.2. The first-order valence-electron chi connectivity index (χ1n) is 8.32. The number of rotatable bonds is 5. The van der Waals surface area contributed by atoms with Gasteiger partial charge < -0.3 is 14.5 Å². The summed E-state index contributed by atoms with van der Waals surface area (Å²) in [6.45, 7) is 5.78. The minimum Gasteiger partial charge on any atom is -0.480 e. The summed E-state index contributed by atoms with van der Waals surface area (Å²) in [4.78, 5) is 27.9. The van der Waals surface area contributed by atoms with Crippen molar-refractivity contribution in [2.75, 3.05) is 0 Å². The standard InChI is InChI=1S/C20H20N2O4/c1-12-8-16(19-13(2)10-18(23)26-17(19)9-12)25-14(3)20(24)22-11-15-4-6-21-7-5-15/h4-10,14H,11H2,1-3H3,(H,22,24)/t14-/m0/s1. The van der Waals surface area contributed by atoms with Crippen LogP contribution in [0.5, 0.6) is 5.75 Å². The van der Waals surface area contributed by atoms with Gasteiger partial charge in [0.2, 0.25) is 0 Å². The van der Waals surface area contributed by atoms with E-state index in [-0.39, 0.29) is 5.91 Å². The molecular formula is C20H20N2O4. The Labute approximate surface area is 150 Å². The van der Waals surface area contributed by atoms with Crippen LogP contribution in [0.3, 0.4) is 0 Å². The van der Waals surface area contributed by atoms with Gasteiger partial charge in [-0.05, 0) is 61.7 Å². The number of ether oxygens (including phenoxy) is 1. The molecular weight excluding hydrogens is 332 g/mol. The molecule has 0 bridgehead atoms. The van der Waals surface area contributed by atoms with Gasteiger partial charge in [-0.3, -0.25) is 9.78 Å². The summed E-state index contributed by atoms with van der Waals surface area (Å²) in [5.41, 5.74) is 2.63.